The van der Waals surface area contributed by atoms with Gasteiger partial charge < -0.3 is 9.88 Å². The molecule has 2 atom stereocenters. The summed E-state index contributed by atoms with van der Waals surface area (Å²) in [6, 6.07) is 7.22. The Bertz CT molecular complexity index is 764. The van der Waals surface area contributed by atoms with Crippen molar-refractivity contribution in [3.63, 3.8) is 0 Å². The Balaban J connectivity index is 1.68. The molecule has 1 aliphatic rings. The van der Waals surface area contributed by atoms with Crippen LogP contribution in [-0.4, -0.2) is 39.6 Å². The zero-order chi connectivity index (χ0) is 16.4. The summed E-state index contributed by atoms with van der Waals surface area (Å²) in [7, 11) is 0. The lowest BCUT2D eigenvalue weighted by atomic mass is 9.92. The van der Waals surface area contributed by atoms with Crippen LogP contribution in [0.25, 0.3) is 10.9 Å². The molecular weight excluding hydrogens is 310 g/mol. The van der Waals surface area contributed by atoms with E-state index in [9.17, 15) is 9.59 Å². The van der Waals surface area contributed by atoms with Crippen molar-refractivity contribution in [1.29, 1.82) is 0 Å². The van der Waals surface area contributed by atoms with Gasteiger partial charge in [0.15, 0.2) is 5.16 Å². The largest absolute Gasteiger partial charge is 0.341 e. The number of likely N-dealkylation sites (tertiary alicyclic amines) is 1. The van der Waals surface area contributed by atoms with Crippen LogP contribution in [0, 0.1) is 11.8 Å². The standard InChI is InChI=1S/C17H21N3O2S/c1-11-7-12(2)9-20(8-11)15(21)10-23-17-18-14-6-4-3-5-13(14)16(22)19-17/h3-6,11-12H,7-10H2,1-2H3,(H,18,19,22)/t11-,12-/m0/s1. The minimum atomic E-state index is -0.161. The number of thioether (sulfide) groups is 1. The van der Waals surface area contributed by atoms with Gasteiger partial charge in [-0.05, 0) is 30.4 Å². The Morgan fingerprint density at radius 1 is 1.30 bits per heavy atom. The average Bonchev–Trinajstić information content (AvgIpc) is 2.52. The number of H-pyrrole nitrogens is 1. The van der Waals surface area contributed by atoms with E-state index in [0.717, 1.165) is 13.1 Å². The number of benzene rings is 1. The Kier molecular flexibility index (Phi) is 4.71. The number of carbonyl (C=O) groups excluding carboxylic acids is 1. The van der Waals surface area contributed by atoms with E-state index >= 15 is 0 Å². The summed E-state index contributed by atoms with van der Waals surface area (Å²) in [5.74, 6) is 1.52. The van der Waals surface area contributed by atoms with Crippen LogP contribution in [0.4, 0.5) is 0 Å². The van der Waals surface area contributed by atoms with E-state index in [1.165, 1.54) is 18.2 Å². The van der Waals surface area contributed by atoms with E-state index in [0.29, 0.717) is 33.6 Å². The second-order valence-electron chi connectivity index (χ2n) is 6.42. The molecule has 1 fully saturated rings. The van der Waals surface area contributed by atoms with Crippen LogP contribution in [0.15, 0.2) is 34.2 Å². The van der Waals surface area contributed by atoms with Gasteiger partial charge >= 0.3 is 0 Å². The number of aromatic nitrogens is 2. The topological polar surface area (TPSA) is 66.1 Å². The molecule has 2 heterocycles. The Morgan fingerprint density at radius 3 is 2.74 bits per heavy atom. The van der Waals surface area contributed by atoms with Crippen LogP contribution >= 0.6 is 11.8 Å². The molecule has 0 spiro atoms. The van der Waals surface area contributed by atoms with Gasteiger partial charge in [-0.2, -0.15) is 0 Å². The van der Waals surface area contributed by atoms with Gasteiger partial charge in [0.1, 0.15) is 0 Å². The first-order valence-electron chi connectivity index (χ1n) is 7.92. The van der Waals surface area contributed by atoms with E-state index in [1.807, 2.05) is 23.1 Å². The molecule has 1 N–H and O–H groups in total. The van der Waals surface area contributed by atoms with Crippen LogP contribution in [0.5, 0.6) is 0 Å². The van der Waals surface area contributed by atoms with Gasteiger partial charge in [-0.15, -0.1) is 0 Å². The molecule has 0 unspecified atom stereocenters. The van der Waals surface area contributed by atoms with Crippen LogP contribution in [0.3, 0.4) is 0 Å². The normalized spacial score (nSPS) is 21.6. The van der Waals surface area contributed by atoms with Gasteiger partial charge in [-0.25, -0.2) is 4.98 Å². The van der Waals surface area contributed by atoms with E-state index in [1.54, 1.807) is 6.07 Å². The maximum absolute atomic E-state index is 12.4. The van der Waals surface area contributed by atoms with Crippen molar-refractivity contribution in [2.24, 2.45) is 11.8 Å². The monoisotopic (exact) mass is 331 g/mol. The zero-order valence-corrected chi connectivity index (χ0v) is 14.2. The van der Waals surface area contributed by atoms with Crippen molar-refractivity contribution in [2.45, 2.75) is 25.4 Å². The third kappa shape index (κ3) is 3.75. The predicted molar refractivity (Wildman–Crippen MR) is 92.6 cm³/mol. The van der Waals surface area contributed by atoms with Gasteiger partial charge in [-0.1, -0.05) is 37.7 Å². The van der Waals surface area contributed by atoms with Crippen molar-refractivity contribution in [2.75, 3.05) is 18.8 Å². The molecular formula is C17H21N3O2S. The van der Waals surface area contributed by atoms with Crippen LogP contribution in [0.1, 0.15) is 20.3 Å². The first kappa shape index (κ1) is 16.1. The lowest BCUT2D eigenvalue weighted by Crippen LogP contribution is -2.43. The Labute approximate surface area is 139 Å². The molecule has 6 heteroatoms. The molecule has 2 aromatic rings. The number of hydrogen-bond donors (Lipinski definition) is 1. The fraction of sp³-hybridized carbons (Fsp3) is 0.471. The van der Waals surface area contributed by atoms with Crippen molar-refractivity contribution >= 4 is 28.6 Å². The number of piperidine rings is 1. The Hall–Kier alpha value is -1.82. The molecule has 0 saturated carbocycles. The number of nitrogens with zero attached hydrogens (tertiary/aromatic N) is 2. The van der Waals surface area contributed by atoms with Gasteiger partial charge in [0.25, 0.3) is 5.56 Å². The smallest absolute Gasteiger partial charge is 0.259 e. The molecule has 23 heavy (non-hydrogen) atoms. The summed E-state index contributed by atoms with van der Waals surface area (Å²) in [6.07, 6.45) is 1.18. The zero-order valence-electron chi connectivity index (χ0n) is 13.4. The summed E-state index contributed by atoms with van der Waals surface area (Å²) in [6.45, 7) is 6.02. The maximum atomic E-state index is 12.4. The lowest BCUT2D eigenvalue weighted by Gasteiger charge is -2.34. The summed E-state index contributed by atoms with van der Waals surface area (Å²) in [4.78, 5) is 33.5. The number of para-hydroxylation sites is 1. The van der Waals surface area contributed by atoms with Crippen molar-refractivity contribution in [1.82, 2.24) is 14.9 Å². The number of nitrogens with one attached hydrogen (secondary N) is 1. The van der Waals surface area contributed by atoms with E-state index in [2.05, 4.69) is 23.8 Å². The molecule has 0 aliphatic carbocycles. The number of amides is 1. The second kappa shape index (κ2) is 6.74. The highest BCUT2D eigenvalue weighted by molar-refractivity contribution is 7.99. The quantitative estimate of drug-likeness (QED) is 0.693. The summed E-state index contributed by atoms with van der Waals surface area (Å²) in [5, 5.41) is 1.07. The Morgan fingerprint density at radius 2 is 2.00 bits per heavy atom. The number of aromatic amines is 1. The highest BCUT2D eigenvalue weighted by Gasteiger charge is 2.25. The molecule has 0 bridgehead atoms. The number of carbonyl (C=O) groups is 1. The molecule has 0 radical (unpaired) electrons. The lowest BCUT2D eigenvalue weighted by molar-refractivity contribution is -0.130. The number of hydrogen-bond acceptors (Lipinski definition) is 4. The van der Waals surface area contributed by atoms with E-state index in [-0.39, 0.29) is 11.5 Å². The molecule has 1 aliphatic heterocycles. The molecule has 1 aromatic carbocycles. The van der Waals surface area contributed by atoms with E-state index in [4.69, 9.17) is 0 Å². The number of rotatable bonds is 3. The van der Waals surface area contributed by atoms with Crippen molar-refractivity contribution in [3.8, 4) is 0 Å². The third-order valence-corrected chi connectivity index (χ3v) is 5.00. The third-order valence-electron chi connectivity index (χ3n) is 4.15. The molecule has 1 amide bonds. The van der Waals surface area contributed by atoms with Gasteiger partial charge in [0, 0.05) is 13.1 Å². The number of fused-ring (bicyclic) bond motifs is 1. The highest BCUT2D eigenvalue weighted by atomic mass is 32.2. The summed E-state index contributed by atoms with van der Waals surface area (Å²) in [5.41, 5.74) is 0.497. The first-order valence-corrected chi connectivity index (χ1v) is 8.91. The summed E-state index contributed by atoms with van der Waals surface area (Å²) >= 11 is 1.30. The fourth-order valence-corrected chi connectivity index (χ4v) is 3.99. The summed E-state index contributed by atoms with van der Waals surface area (Å²) < 4.78 is 0. The SMILES string of the molecule is C[C@H]1C[C@H](C)CN(C(=O)CSc2nc3ccccc3c(=O)[nH]2)C1. The fourth-order valence-electron chi connectivity index (χ4n) is 3.22. The van der Waals surface area contributed by atoms with Crippen LogP contribution < -0.4 is 5.56 Å². The molecule has 1 aromatic heterocycles. The predicted octanol–water partition coefficient (Wildman–Crippen LogP) is 2.52. The second-order valence-corrected chi connectivity index (χ2v) is 7.39. The first-order chi connectivity index (χ1) is 11.0. The maximum Gasteiger partial charge on any atom is 0.259 e. The van der Waals surface area contributed by atoms with E-state index < -0.39 is 0 Å². The molecule has 3 rings (SSSR count). The minimum absolute atomic E-state index is 0.115. The molecule has 5 nitrogen and oxygen atoms in total. The van der Waals surface area contributed by atoms with Gasteiger partial charge in [0.2, 0.25) is 5.91 Å². The molecule has 122 valence electrons. The minimum Gasteiger partial charge on any atom is -0.341 e. The van der Waals surface area contributed by atoms with Gasteiger partial charge in [0.05, 0.1) is 16.7 Å². The van der Waals surface area contributed by atoms with Crippen molar-refractivity contribution in [3.05, 3.63) is 34.6 Å². The average molecular weight is 331 g/mol. The molecule has 1 saturated heterocycles. The highest BCUT2D eigenvalue weighted by Crippen LogP contribution is 2.22. The van der Waals surface area contributed by atoms with Crippen molar-refractivity contribution < 1.29 is 4.79 Å². The van der Waals surface area contributed by atoms with Crippen LogP contribution in [0.2, 0.25) is 0 Å². The van der Waals surface area contributed by atoms with Crippen LogP contribution in [-0.2, 0) is 4.79 Å². The van der Waals surface area contributed by atoms with Gasteiger partial charge in [-0.3, -0.25) is 9.59 Å².